The second kappa shape index (κ2) is 6.82. The topological polar surface area (TPSA) is 53.4 Å². The number of nitrogens with zero attached hydrogens (tertiary/aromatic N) is 2. The lowest BCUT2D eigenvalue weighted by molar-refractivity contribution is -0.126. The fourth-order valence-corrected chi connectivity index (χ4v) is 1.98. The van der Waals surface area contributed by atoms with Crippen molar-refractivity contribution in [1.29, 1.82) is 0 Å². The number of aromatic nitrogens is 1. The third kappa shape index (κ3) is 3.42. The summed E-state index contributed by atoms with van der Waals surface area (Å²) in [7, 11) is 0. The number of likely N-dealkylation sites (N-methyl/N-ethyl adjacent to an activating group) is 1. The van der Waals surface area contributed by atoms with Gasteiger partial charge in [-0.2, -0.15) is 0 Å². The zero-order valence-electron chi connectivity index (χ0n) is 11.5. The molecular weight excluding hydrogens is 252 g/mol. The van der Waals surface area contributed by atoms with Gasteiger partial charge in [-0.05, 0) is 25.1 Å². The highest BCUT2D eigenvalue weighted by atomic mass is 16.3. The molecule has 0 aliphatic carbocycles. The molecule has 4 nitrogen and oxygen atoms in total. The van der Waals surface area contributed by atoms with Gasteiger partial charge in [0.05, 0.1) is 17.8 Å². The summed E-state index contributed by atoms with van der Waals surface area (Å²) in [6, 6.07) is 11.7. The van der Waals surface area contributed by atoms with Crippen molar-refractivity contribution in [3.63, 3.8) is 0 Å². The van der Waals surface area contributed by atoms with Crippen molar-refractivity contribution >= 4 is 22.9 Å². The maximum atomic E-state index is 11.9. The van der Waals surface area contributed by atoms with E-state index in [0.717, 1.165) is 16.6 Å². The molecule has 1 N–H and O–H groups in total. The van der Waals surface area contributed by atoms with Crippen molar-refractivity contribution < 1.29 is 9.90 Å². The summed E-state index contributed by atoms with van der Waals surface area (Å²) in [5, 5.41) is 9.97. The molecule has 1 aromatic carbocycles. The van der Waals surface area contributed by atoms with Crippen molar-refractivity contribution in [3.05, 3.63) is 48.2 Å². The number of aliphatic hydroxyl groups excluding tert-OH is 1. The van der Waals surface area contributed by atoms with E-state index >= 15 is 0 Å². The Hall–Kier alpha value is -2.20. The number of carbonyl (C=O) groups is 1. The highest BCUT2D eigenvalue weighted by Crippen LogP contribution is 2.12. The van der Waals surface area contributed by atoms with Crippen LogP contribution in [-0.2, 0) is 4.79 Å². The van der Waals surface area contributed by atoms with Gasteiger partial charge in [0, 0.05) is 24.6 Å². The van der Waals surface area contributed by atoms with Crippen LogP contribution in [0.4, 0.5) is 0 Å². The van der Waals surface area contributed by atoms with Gasteiger partial charge in [-0.15, -0.1) is 0 Å². The molecule has 0 unspecified atom stereocenters. The molecule has 2 aromatic rings. The Morgan fingerprint density at radius 2 is 2.10 bits per heavy atom. The molecule has 0 saturated heterocycles. The van der Waals surface area contributed by atoms with E-state index in [1.165, 1.54) is 6.08 Å². The number of aliphatic hydroxyl groups is 1. The minimum atomic E-state index is -0.114. The fourth-order valence-electron chi connectivity index (χ4n) is 1.98. The lowest BCUT2D eigenvalue weighted by Gasteiger charge is -2.17. The minimum absolute atomic E-state index is 0.0261. The molecule has 2 rings (SSSR count). The Morgan fingerprint density at radius 3 is 2.85 bits per heavy atom. The monoisotopic (exact) mass is 270 g/mol. The van der Waals surface area contributed by atoms with Crippen molar-refractivity contribution in [2.24, 2.45) is 0 Å². The Bertz CT molecular complexity index is 623. The quantitative estimate of drug-likeness (QED) is 0.846. The van der Waals surface area contributed by atoms with Gasteiger partial charge in [-0.25, -0.2) is 4.98 Å². The van der Waals surface area contributed by atoms with Crippen LogP contribution in [0.1, 0.15) is 12.6 Å². The number of para-hydroxylation sites is 1. The van der Waals surface area contributed by atoms with Gasteiger partial charge in [-0.3, -0.25) is 4.79 Å². The van der Waals surface area contributed by atoms with Crippen molar-refractivity contribution in [3.8, 4) is 0 Å². The van der Waals surface area contributed by atoms with Crippen LogP contribution in [0.5, 0.6) is 0 Å². The van der Waals surface area contributed by atoms with E-state index < -0.39 is 0 Å². The van der Waals surface area contributed by atoms with E-state index in [0.29, 0.717) is 13.1 Å². The van der Waals surface area contributed by atoms with Crippen LogP contribution in [0.2, 0.25) is 0 Å². The molecule has 1 heterocycles. The summed E-state index contributed by atoms with van der Waals surface area (Å²) in [6.45, 7) is 2.79. The molecule has 0 spiro atoms. The van der Waals surface area contributed by atoms with Gasteiger partial charge in [0.15, 0.2) is 0 Å². The van der Waals surface area contributed by atoms with Crippen molar-refractivity contribution in [1.82, 2.24) is 9.88 Å². The van der Waals surface area contributed by atoms with Gasteiger partial charge in [0.2, 0.25) is 5.91 Å². The SMILES string of the molecule is CCN(CCO)C(=O)/C=C/c1ccc2ccccc2n1. The number of rotatable bonds is 5. The average molecular weight is 270 g/mol. The van der Waals surface area contributed by atoms with Crippen molar-refractivity contribution in [2.45, 2.75) is 6.92 Å². The maximum absolute atomic E-state index is 11.9. The lowest BCUT2D eigenvalue weighted by Crippen LogP contribution is -2.31. The molecule has 104 valence electrons. The molecule has 0 fully saturated rings. The summed E-state index contributed by atoms with van der Waals surface area (Å²) < 4.78 is 0. The Morgan fingerprint density at radius 1 is 1.30 bits per heavy atom. The maximum Gasteiger partial charge on any atom is 0.246 e. The molecule has 0 saturated carbocycles. The highest BCUT2D eigenvalue weighted by Gasteiger charge is 2.06. The van der Waals surface area contributed by atoms with E-state index in [1.54, 1.807) is 11.0 Å². The van der Waals surface area contributed by atoms with E-state index in [4.69, 9.17) is 5.11 Å². The lowest BCUT2D eigenvalue weighted by atomic mass is 10.2. The van der Waals surface area contributed by atoms with Crippen LogP contribution in [0, 0.1) is 0 Å². The number of hydrogen-bond acceptors (Lipinski definition) is 3. The summed E-state index contributed by atoms with van der Waals surface area (Å²) in [5.41, 5.74) is 1.65. The zero-order valence-corrected chi connectivity index (χ0v) is 11.5. The standard InChI is InChI=1S/C16H18N2O2/c1-2-18(11-12-19)16(20)10-9-14-8-7-13-5-3-4-6-15(13)17-14/h3-10,19H,2,11-12H2,1H3/b10-9+. The number of fused-ring (bicyclic) bond motifs is 1. The predicted molar refractivity (Wildman–Crippen MR) is 80.1 cm³/mol. The number of pyridine rings is 1. The van der Waals surface area contributed by atoms with Crippen LogP contribution in [-0.4, -0.2) is 40.6 Å². The van der Waals surface area contributed by atoms with Gasteiger partial charge in [0.1, 0.15) is 0 Å². The third-order valence-electron chi connectivity index (χ3n) is 3.08. The minimum Gasteiger partial charge on any atom is -0.395 e. The average Bonchev–Trinajstić information content (AvgIpc) is 2.50. The summed E-state index contributed by atoms with van der Waals surface area (Å²) >= 11 is 0. The smallest absolute Gasteiger partial charge is 0.246 e. The Balaban J connectivity index is 2.14. The van der Waals surface area contributed by atoms with E-state index in [-0.39, 0.29) is 12.5 Å². The van der Waals surface area contributed by atoms with Gasteiger partial charge in [-0.1, -0.05) is 24.3 Å². The summed E-state index contributed by atoms with van der Waals surface area (Å²) in [6.07, 6.45) is 3.20. The van der Waals surface area contributed by atoms with Crippen LogP contribution in [0.3, 0.4) is 0 Å². The molecule has 0 aliphatic heterocycles. The Kier molecular flexibility index (Phi) is 4.85. The first-order valence-corrected chi connectivity index (χ1v) is 6.68. The van der Waals surface area contributed by atoms with Gasteiger partial charge in [0.25, 0.3) is 0 Å². The molecule has 0 radical (unpaired) electrons. The fraction of sp³-hybridized carbons (Fsp3) is 0.250. The second-order valence-electron chi connectivity index (χ2n) is 4.40. The molecule has 1 amide bonds. The first-order valence-electron chi connectivity index (χ1n) is 6.68. The molecule has 1 aromatic heterocycles. The normalized spacial score (nSPS) is 11.1. The number of carbonyl (C=O) groups excluding carboxylic acids is 1. The predicted octanol–water partition coefficient (Wildman–Crippen LogP) is 2.09. The highest BCUT2D eigenvalue weighted by molar-refractivity contribution is 5.92. The largest absolute Gasteiger partial charge is 0.395 e. The molecular formula is C16H18N2O2. The summed E-state index contributed by atoms with van der Waals surface area (Å²) in [4.78, 5) is 18.0. The molecule has 4 heteroatoms. The molecule has 0 atom stereocenters. The first kappa shape index (κ1) is 14.2. The van der Waals surface area contributed by atoms with Crippen LogP contribution < -0.4 is 0 Å². The molecule has 20 heavy (non-hydrogen) atoms. The summed E-state index contributed by atoms with van der Waals surface area (Å²) in [5.74, 6) is -0.114. The van der Waals surface area contributed by atoms with Gasteiger partial charge < -0.3 is 10.0 Å². The van der Waals surface area contributed by atoms with E-state index in [1.807, 2.05) is 43.3 Å². The van der Waals surface area contributed by atoms with Crippen molar-refractivity contribution in [2.75, 3.05) is 19.7 Å². The van der Waals surface area contributed by atoms with Crippen LogP contribution in [0.15, 0.2) is 42.5 Å². The molecule has 0 aliphatic rings. The number of benzene rings is 1. The first-order chi connectivity index (χ1) is 9.74. The number of hydrogen-bond donors (Lipinski definition) is 1. The number of amides is 1. The Labute approximate surface area is 118 Å². The third-order valence-corrected chi connectivity index (χ3v) is 3.08. The van der Waals surface area contributed by atoms with Crippen LogP contribution in [0.25, 0.3) is 17.0 Å². The van der Waals surface area contributed by atoms with Gasteiger partial charge >= 0.3 is 0 Å². The van der Waals surface area contributed by atoms with Crippen LogP contribution >= 0.6 is 0 Å². The van der Waals surface area contributed by atoms with E-state index in [2.05, 4.69) is 4.98 Å². The second-order valence-corrected chi connectivity index (χ2v) is 4.40. The molecule has 0 bridgehead atoms. The zero-order chi connectivity index (χ0) is 14.4. The van der Waals surface area contributed by atoms with E-state index in [9.17, 15) is 4.79 Å².